The molecule has 3 nitrogen and oxygen atoms in total. The van der Waals surface area contributed by atoms with Gasteiger partial charge in [0.1, 0.15) is 5.75 Å². The maximum atomic E-state index is 5.75. The Bertz CT molecular complexity index is 487. The summed E-state index contributed by atoms with van der Waals surface area (Å²) < 4.78 is 5.75. The van der Waals surface area contributed by atoms with E-state index in [0.29, 0.717) is 10.9 Å². The van der Waals surface area contributed by atoms with Crippen molar-refractivity contribution in [3.05, 3.63) is 29.8 Å². The number of hydrogen-bond donors (Lipinski definition) is 1. The molecule has 2 N–H and O–H groups in total. The van der Waals surface area contributed by atoms with Crippen LogP contribution in [0.2, 0.25) is 0 Å². The molecule has 0 amide bonds. The third-order valence-electron chi connectivity index (χ3n) is 4.25. The molecular formula is C16H22N2OS. The lowest BCUT2D eigenvalue weighted by molar-refractivity contribution is 0.208. The average molecular weight is 290 g/mol. The van der Waals surface area contributed by atoms with Gasteiger partial charge in [0.15, 0.2) is 0 Å². The molecule has 108 valence electrons. The van der Waals surface area contributed by atoms with Crippen LogP contribution >= 0.6 is 12.2 Å². The van der Waals surface area contributed by atoms with Crippen molar-refractivity contribution in [3.8, 4) is 5.75 Å². The molecular weight excluding hydrogens is 268 g/mol. The second-order valence-corrected chi connectivity index (χ2v) is 6.34. The highest BCUT2D eigenvalue weighted by Crippen LogP contribution is 2.36. The van der Waals surface area contributed by atoms with Gasteiger partial charge in [-0.1, -0.05) is 30.4 Å². The van der Waals surface area contributed by atoms with Crippen molar-refractivity contribution in [1.29, 1.82) is 0 Å². The summed E-state index contributed by atoms with van der Waals surface area (Å²) in [6.07, 6.45) is 4.58. The van der Waals surface area contributed by atoms with E-state index in [0.717, 1.165) is 44.3 Å². The van der Waals surface area contributed by atoms with Crippen molar-refractivity contribution in [3.63, 3.8) is 0 Å². The fourth-order valence-electron chi connectivity index (χ4n) is 3.01. The molecule has 0 aromatic heterocycles. The lowest BCUT2D eigenvalue weighted by Gasteiger charge is -2.31. The zero-order valence-corrected chi connectivity index (χ0v) is 12.6. The van der Waals surface area contributed by atoms with Gasteiger partial charge in [0.2, 0.25) is 0 Å². The highest BCUT2D eigenvalue weighted by Gasteiger charge is 2.32. The SMILES string of the molecule is NC(=S)CCN(CC1CCOc2ccccc21)C1CC1. The summed E-state index contributed by atoms with van der Waals surface area (Å²) in [5.74, 6) is 1.64. The van der Waals surface area contributed by atoms with Gasteiger partial charge in [-0.05, 0) is 30.9 Å². The van der Waals surface area contributed by atoms with Crippen molar-refractivity contribution in [2.45, 2.75) is 37.6 Å². The van der Waals surface area contributed by atoms with E-state index in [1.165, 1.54) is 18.4 Å². The molecule has 4 heteroatoms. The van der Waals surface area contributed by atoms with Gasteiger partial charge >= 0.3 is 0 Å². The first kappa shape index (κ1) is 13.8. The molecule has 0 bridgehead atoms. The van der Waals surface area contributed by atoms with Gasteiger partial charge in [-0.2, -0.15) is 0 Å². The van der Waals surface area contributed by atoms with Gasteiger partial charge in [-0.15, -0.1) is 0 Å². The molecule has 1 saturated carbocycles. The van der Waals surface area contributed by atoms with Crippen molar-refractivity contribution in [1.82, 2.24) is 4.90 Å². The van der Waals surface area contributed by atoms with Crippen molar-refractivity contribution in [2.24, 2.45) is 5.73 Å². The minimum Gasteiger partial charge on any atom is -0.493 e. The number of benzene rings is 1. The molecule has 1 heterocycles. The molecule has 1 unspecified atom stereocenters. The first-order valence-corrected chi connectivity index (χ1v) is 7.89. The van der Waals surface area contributed by atoms with Crippen molar-refractivity contribution < 1.29 is 4.74 Å². The molecule has 3 rings (SSSR count). The number of nitrogens with two attached hydrogens (primary N) is 1. The summed E-state index contributed by atoms with van der Waals surface area (Å²) in [5.41, 5.74) is 7.02. The summed E-state index contributed by atoms with van der Waals surface area (Å²) in [6, 6.07) is 9.19. The second kappa shape index (κ2) is 6.10. The molecule has 1 aliphatic heterocycles. The molecule has 1 fully saturated rings. The number of nitrogens with zero attached hydrogens (tertiary/aromatic N) is 1. The average Bonchev–Trinajstić information content (AvgIpc) is 3.28. The van der Waals surface area contributed by atoms with Crippen LogP contribution in [0.15, 0.2) is 24.3 Å². The third kappa shape index (κ3) is 3.30. The van der Waals surface area contributed by atoms with E-state index in [2.05, 4.69) is 23.1 Å². The number of fused-ring (bicyclic) bond motifs is 1. The molecule has 1 aromatic carbocycles. The van der Waals surface area contributed by atoms with E-state index in [4.69, 9.17) is 22.7 Å². The zero-order chi connectivity index (χ0) is 13.9. The van der Waals surface area contributed by atoms with Crippen molar-refractivity contribution in [2.75, 3.05) is 19.7 Å². The second-order valence-electron chi connectivity index (χ2n) is 5.81. The molecule has 0 radical (unpaired) electrons. The van der Waals surface area contributed by atoms with Crippen LogP contribution in [-0.2, 0) is 0 Å². The molecule has 1 aliphatic carbocycles. The molecule has 2 aliphatic rings. The lowest BCUT2D eigenvalue weighted by atomic mass is 9.92. The Labute approximate surface area is 126 Å². The maximum absolute atomic E-state index is 5.75. The van der Waals surface area contributed by atoms with Crippen LogP contribution in [0.5, 0.6) is 5.75 Å². The summed E-state index contributed by atoms with van der Waals surface area (Å²) in [5, 5.41) is 0. The highest BCUT2D eigenvalue weighted by atomic mass is 32.1. The Balaban J connectivity index is 1.68. The largest absolute Gasteiger partial charge is 0.493 e. The van der Waals surface area contributed by atoms with Crippen LogP contribution in [0.1, 0.15) is 37.2 Å². The van der Waals surface area contributed by atoms with Gasteiger partial charge < -0.3 is 10.5 Å². The minimum absolute atomic E-state index is 0.576. The molecule has 1 atom stereocenters. The molecule has 1 aromatic rings. The van der Waals surface area contributed by atoms with E-state index < -0.39 is 0 Å². The number of para-hydroxylation sites is 1. The molecule has 20 heavy (non-hydrogen) atoms. The Hall–Kier alpha value is -1.13. The van der Waals surface area contributed by atoms with E-state index in [9.17, 15) is 0 Å². The monoisotopic (exact) mass is 290 g/mol. The maximum Gasteiger partial charge on any atom is 0.122 e. The summed E-state index contributed by atoms with van der Waals surface area (Å²) in [6.45, 7) is 2.93. The first-order chi connectivity index (χ1) is 9.74. The smallest absolute Gasteiger partial charge is 0.122 e. The van der Waals surface area contributed by atoms with Crippen LogP contribution in [0.4, 0.5) is 0 Å². The number of hydrogen-bond acceptors (Lipinski definition) is 3. The van der Waals surface area contributed by atoms with Gasteiger partial charge in [0.25, 0.3) is 0 Å². The summed E-state index contributed by atoms with van der Waals surface area (Å²) in [4.78, 5) is 3.20. The molecule has 0 saturated heterocycles. The topological polar surface area (TPSA) is 38.5 Å². The normalized spacial score (nSPS) is 21.4. The predicted molar refractivity (Wildman–Crippen MR) is 85.3 cm³/mol. The lowest BCUT2D eigenvalue weighted by Crippen LogP contribution is -2.35. The van der Waals surface area contributed by atoms with Gasteiger partial charge in [-0.3, -0.25) is 4.90 Å². The standard InChI is InChI=1S/C16H22N2OS/c17-16(20)7-9-18(13-5-6-13)11-12-8-10-19-15-4-2-1-3-14(12)15/h1-4,12-13H,5-11H2,(H2,17,20). The fraction of sp³-hybridized carbons (Fsp3) is 0.562. The van der Waals surface area contributed by atoms with E-state index >= 15 is 0 Å². The van der Waals surface area contributed by atoms with E-state index in [-0.39, 0.29) is 0 Å². The Morgan fingerprint density at radius 1 is 1.30 bits per heavy atom. The van der Waals surface area contributed by atoms with Crippen LogP contribution in [0.25, 0.3) is 0 Å². The Kier molecular flexibility index (Phi) is 4.22. The van der Waals surface area contributed by atoms with Gasteiger partial charge in [0.05, 0.1) is 11.6 Å². The van der Waals surface area contributed by atoms with E-state index in [1.54, 1.807) is 0 Å². The minimum atomic E-state index is 0.576. The number of ether oxygens (including phenoxy) is 1. The quantitative estimate of drug-likeness (QED) is 0.818. The number of rotatable bonds is 6. The fourth-order valence-corrected chi connectivity index (χ4v) is 3.10. The Morgan fingerprint density at radius 3 is 2.85 bits per heavy atom. The van der Waals surface area contributed by atoms with Crippen molar-refractivity contribution >= 4 is 17.2 Å². The van der Waals surface area contributed by atoms with Crippen LogP contribution in [0, 0.1) is 0 Å². The Morgan fingerprint density at radius 2 is 2.10 bits per heavy atom. The summed E-state index contributed by atoms with van der Waals surface area (Å²) >= 11 is 5.02. The third-order valence-corrected chi connectivity index (χ3v) is 4.45. The predicted octanol–water partition coefficient (Wildman–Crippen LogP) is 2.69. The van der Waals surface area contributed by atoms with Crippen LogP contribution < -0.4 is 10.5 Å². The number of thiocarbonyl (C=S) groups is 1. The first-order valence-electron chi connectivity index (χ1n) is 7.48. The zero-order valence-electron chi connectivity index (χ0n) is 11.8. The van der Waals surface area contributed by atoms with Gasteiger partial charge in [0, 0.05) is 31.5 Å². The molecule has 0 spiro atoms. The van der Waals surface area contributed by atoms with Crippen LogP contribution in [0.3, 0.4) is 0 Å². The van der Waals surface area contributed by atoms with Crippen LogP contribution in [-0.4, -0.2) is 35.6 Å². The van der Waals surface area contributed by atoms with E-state index in [1.807, 2.05) is 6.07 Å². The van der Waals surface area contributed by atoms with Gasteiger partial charge in [-0.25, -0.2) is 0 Å². The highest BCUT2D eigenvalue weighted by molar-refractivity contribution is 7.80. The summed E-state index contributed by atoms with van der Waals surface area (Å²) in [7, 11) is 0.